The first kappa shape index (κ1) is 20.4. The van der Waals surface area contributed by atoms with Crippen molar-refractivity contribution in [3.05, 3.63) is 95.2 Å². The molecule has 3 aromatic carbocycles. The lowest BCUT2D eigenvalue weighted by Gasteiger charge is -2.27. The SMILES string of the molecule is COc1ccc2[nH]cc(C3=CCN(C(=O)c4cc(-c5ccccc5)ccc4Cl)CC3)c2c1. The molecule has 2 heterocycles. The zero-order valence-electron chi connectivity index (χ0n) is 17.8. The van der Waals surface area contributed by atoms with Crippen LogP contribution in [0.4, 0.5) is 0 Å². The van der Waals surface area contributed by atoms with Crippen molar-refractivity contribution < 1.29 is 9.53 Å². The van der Waals surface area contributed by atoms with Crippen molar-refractivity contribution in [3.8, 4) is 16.9 Å². The summed E-state index contributed by atoms with van der Waals surface area (Å²) in [7, 11) is 1.68. The van der Waals surface area contributed by atoms with E-state index in [9.17, 15) is 4.79 Å². The van der Waals surface area contributed by atoms with Gasteiger partial charge in [0.2, 0.25) is 0 Å². The van der Waals surface area contributed by atoms with E-state index in [1.165, 1.54) is 5.57 Å². The molecule has 0 radical (unpaired) electrons. The zero-order valence-corrected chi connectivity index (χ0v) is 18.5. The van der Waals surface area contributed by atoms with Crippen LogP contribution in [0.1, 0.15) is 22.3 Å². The summed E-state index contributed by atoms with van der Waals surface area (Å²) in [5.41, 5.74) is 6.06. The Labute approximate surface area is 192 Å². The van der Waals surface area contributed by atoms with Crippen molar-refractivity contribution in [3.63, 3.8) is 0 Å². The van der Waals surface area contributed by atoms with Gasteiger partial charge in [0.15, 0.2) is 0 Å². The fourth-order valence-corrected chi connectivity index (χ4v) is 4.46. The molecule has 0 bridgehead atoms. The minimum absolute atomic E-state index is 0.0383. The van der Waals surface area contributed by atoms with Crippen molar-refractivity contribution in [2.45, 2.75) is 6.42 Å². The fraction of sp³-hybridized carbons (Fsp3) is 0.148. The summed E-state index contributed by atoms with van der Waals surface area (Å²) >= 11 is 6.42. The number of carbonyl (C=O) groups excluding carboxylic acids is 1. The maximum Gasteiger partial charge on any atom is 0.255 e. The van der Waals surface area contributed by atoms with Crippen LogP contribution in [0.25, 0.3) is 27.6 Å². The number of aromatic nitrogens is 1. The summed E-state index contributed by atoms with van der Waals surface area (Å²) in [5, 5.41) is 1.61. The second-order valence-electron chi connectivity index (χ2n) is 7.91. The number of hydrogen-bond acceptors (Lipinski definition) is 2. The molecule has 0 fully saturated rings. The fourth-order valence-electron chi connectivity index (χ4n) is 4.26. The Kier molecular flexibility index (Phi) is 5.46. The molecule has 32 heavy (non-hydrogen) atoms. The highest BCUT2D eigenvalue weighted by Crippen LogP contribution is 2.32. The summed E-state index contributed by atoms with van der Waals surface area (Å²) in [4.78, 5) is 18.5. The molecule has 1 aliphatic rings. The molecule has 0 atom stereocenters. The van der Waals surface area contributed by atoms with Crippen molar-refractivity contribution in [2.75, 3.05) is 20.2 Å². The smallest absolute Gasteiger partial charge is 0.255 e. The van der Waals surface area contributed by atoms with Crippen LogP contribution in [0.15, 0.2) is 79.0 Å². The van der Waals surface area contributed by atoms with E-state index in [1.807, 2.05) is 77.8 Å². The minimum atomic E-state index is -0.0383. The van der Waals surface area contributed by atoms with Crippen LogP contribution < -0.4 is 4.74 Å². The van der Waals surface area contributed by atoms with Gasteiger partial charge in [0.1, 0.15) is 5.75 Å². The molecule has 1 aromatic heterocycles. The number of carbonyl (C=O) groups is 1. The number of aromatic amines is 1. The molecule has 0 saturated carbocycles. The van der Waals surface area contributed by atoms with Gasteiger partial charge in [0.25, 0.3) is 5.91 Å². The molecule has 4 nitrogen and oxygen atoms in total. The third-order valence-electron chi connectivity index (χ3n) is 6.04. The number of amides is 1. The van der Waals surface area contributed by atoms with Gasteiger partial charge >= 0.3 is 0 Å². The Bertz CT molecular complexity index is 1320. The topological polar surface area (TPSA) is 45.3 Å². The van der Waals surface area contributed by atoms with Crippen molar-refractivity contribution in [1.29, 1.82) is 0 Å². The van der Waals surface area contributed by atoms with E-state index >= 15 is 0 Å². The molecule has 0 unspecified atom stereocenters. The zero-order chi connectivity index (χ0) is 22.1. The highest BCUT2D eigenvalue weighted by Gasteiger charge is 2.23. The maximum atomic E-state index is 13.3. The number of nitrogens with zero attached hydrogens (tertiary/aromatic N) is 1. The lowest BCUT2D eigenvalue weighted by atomic mass is 9.98. The van der Waals surface area contributed by atoms with E-state index in [0.717, 1.165) is 39.8 Å². The van der Waals surface area contributed by atoms with Crippen molar-refractivity contribution >= 4 is 34.0 Å². The Balaban J connectivity index is 1.39. The number of ether oxygens (including phenoxy) is 1. The third kappa shape index (κ3) is 3.78. The van der Waals surface area contributed by atoms with Gasteiger partial charge in [-0.1, -0.05) is 54.1 Å². The molecule has 0 saturated heterocycles. The molecule has 1 aliphatic heterocycles. The van der Waals surface area contributed by atoms with E-state index < -0.39 is 0 Å². The summed E-state index contributed by atoms with van der Waals surface area (Å²) in [6, 6.07) is 21.7. The van der Waals surface area contributed by atoms with E-state index in [2.05, 4.69) is 11.1 Å². The van der Waals surface area contributed by atoms with Gasteiger partial charge in [-0.25, -0.2) is 0 Å². The number of benzene rings is 3. The first-order valence-electron chi connectivity index (χ1n) is 10.6. The van der Waals surface area contributed by atoms with Gasteiger partial charge in [-0.05, 0) is 53.5 Å². The summed E-state index contributed by atoms with van der Waals surface area (Å²) in [6.45, 7) is 1.20. The monoisotopic (exact) mass is 442 g/mol. The van der Waals surface area contributed by atoms with E-state index in [1.54, 1.807) is 7.11 Å². The van der Waals surface area contributed by atoms with E-state index in [0.29, 0.717) is 23.7 Å². The molecule has 0 spiro atoms. The number of nitrogens with one attached hydrogen (secondary N) is 1. The quantitative estimate of drug-likeness (QED) is 0.396. The summed E-state index contributed by atoms with van der Waals surface area (Å²) < 4.78 is 5.39. The summed E-state index contributed by atoms with van der Waals surface area (Å²) in [5.74, 6) is 0.795. The number of rotatable bonds is 4. The standard InChI is InChI=1S/C27H23ClN2O2/c1-32-21-8-10-26-22(16-21)24(17-29-26)19-11-13-30(14-12-19)27(31)23-15-20(7-9-25(23)28)18-5-3-2-4-6-18/h2-11,15-17,29H,12-14H2,1H3. The van der Waals surface area contributed by atoms with Gasteiger partial charge in [-0.3, -0.25) is 4.79 Å². The van der Waals surface area contributed by atoms with Crippen LogP contribution in [-0.2, 0) is 0 Å². The van der Waals surface area contributed by atoms with E-state index in [-0.39, 0.29) is 5.91 Å². The van der Waals surface area contributed by atoms with Crippen LogP contribution in [0, 0.1) is 0 Å². The predicted molar refractivity (Wildman–Crippen MR) is 130 cm³/mol. The summed E-state index contributed by atoms with van der Waals surface area (Å²) in [6.07, 6.45) is 4.96. The van der Waals surface area contributed by atoms with Crippen LogP contribution in [0.2, 0.25) is 5.02 Å². The number of H-pyrrole nitrogens is 1. The first-order chi connectivity index (χ1) is 15.6. The van der Waals surface area contributed by atoms with Gasteiger partial charge in [-0.2, -0.15) is 0 Å². The average Bonchev–Trinajstić information content (AvgIpc) is 3.28. The largest absolute Gasteiger partial charge is 0.497 e. The molecule has 160 valence electrons. The van der Waals surface area contributed by atoms with E-state index in [4.69, 9.17) is 16.3 Å². The molecular weight excluding hydrogens is 420 g/mol. The lowest BCUT2D eigenvalue weighted by Crippen LogP contribution is -2.34. The maximum absolute atomic E-state index is 13.3. The van der Waals surface area contributed by atoms with Crippen molar-refractivity contribution in [2.24, 2.45) is 0 Å². The Morgan fingerprint density at radius 3 is 2.62 bits per heavy atom. The number of methoxy groups -OCH3 is 1. The van der Waals surface area contributed by atoms with Crippen LogP contribution >= 0.6 is 11.6 Å². The van der Waals surface area contributed by atoms with Crippen LogP contribution in [0.3, 0.4) is 0 Å². The molecule has 1 N–H and O–H groups in total. The lowest BCUT2D eigenvalue weighted by molar-refractivity contribution is 0.0773. The molecule has 5 rings (SSSR count). The Morgan fingerprint density at radius 1 is 1.03 bits per heavy atom. The average molecular weight is 443 g/mol. The first-order valence-corrected chi connectivity index (χ1v) is 11.0. The van der Waals surface area contributed by atoms with Gasteiger partial charge in [-0.15, -0.1) is 0 Å². The number of halogens is 1. The molecular formula is C27H23ClN2O2. The second-order valence-corrected chi connectivity index (χ2v) is 8.31. The predicted octanol–water partition coefficient (Wildman–Crippen LogP) is 6.43. The number of fused-ring (bicyclic) bond motifs is 1. The van der Waals surface area contributed by atoms with Gasteiger partial charge < -0.3 is 14.6 Å². The van der Waals surface area contributed by atoms with Gasteiger partial charge in [0.05, 0.1) is 17.7 Å². The van der Waals surface area contributed by atoms with Crippen LogP contribution in [0.5, 0.6) is 5.75 Å². The molecule has 1 amide bonds. The third-order valence-corrected chi connectivity index (χ3v) is 6.36. The highest BCUT2D eigenvalue weighted by atomic mass is 35.5. The molecule has 0 aliphatic carbocycles. The highest BCUT2D eigenvalue weighted by molar-refractivity contribution is 6.34. The van der Waals surface area contributed by atoms with Gasteiger partial charge in [0, 0.05) is 35.8 Å². The Hall–Kier alpha value is -3.50. The molecule has 5 heteroatoms. The van der Waals surface area contributed by atoms with Crippen molar-refractivity contribution in [1.82, 2.24) is 9.88 Å². The minimum Gasteiger partial charge on any atom is -0.497 e. The van der Waals surface area contributed by atoms with Crippen LogP contribution in [-0.4, -0.2) is 36.0 Å². The normalized spacial score (nSPS) is 13.8. The number of hydrogen-bond donors (Lipinski definition) is 1. The second kappa shape index (κ2) is 8.56. The molecule has 4 aromatic rings. The Morgan fingerprint density at radius 2 is 1.88 bits per heavy atom.